The quantitative estimate of drug-likeness (QED) is 0.0169. The fraction of sp³-hybridized carbons (Fsp3) is 0.892. The molecule has 0 rings (SSSR count). The summed E-state index contributed by atoms with van der Waals surface area (Å²) in [6.07, 6.45) is 51.9. The second-order valence-corrected chi connectivity index (χ2v) is 29.6. The number of aliphatic hydroxyl groups is 1. The van der Waals surface area contributed by atoms with Crippen LogP contribution in [-0.2, 0) is 65.4 Å². The number of phosphoric ester groups is 2. The molecule has 0 aromatic heterocycles. The first-order valence-corrected chi connectivity index (χ1v) is 40.8. The maximum atomic E-state index is 13.1. The fourth-order valence-electron chi connectivity index (χ4n) is 10.6. The van der Waals surface area contributed by atoms with E-state index in [-0.39, 0.29) is 25.7 Å². The normalized spacial score (nSPS) is 15.2. The Bertz CT molecular complexity index is 1920. The maximum absolute atomic E-state index is 13.1. The predicted octanol–water partition coefficient (Wildman–Crippen LogP) is 21.0. The Morgan fingerprint density at radius 3 is 0.903 bits per heavy atom. The molecule has 0 aromatic rings. The highest BCUT2D eigenvalue weighted by Crippen LogP contribution is 2.45. The molecule has 548 valence electrons. The van der Waals surface area contributed by atoms with E-state index in [0.717, 1.165) is 120 Å². The average molecular weight is 1360 g/mol. The molecule has 0 radical (unpaired) electrons. The number of phosphoric acid groups is 2. The van der Waals surface area contributed by atoms with Gasteiger partial charge in [0.25, 0.3) is 0 Å². The Labute approximate surface area is 567 Å². The monoisotopic (exact) mass is 1360 g/mol. The Morgan fingerprint density at radius 2 is 0.602 bits per heavy atom. The summed E-state index contributed by atoms with van der Waals surface area (Å²) in [5.41, 5.74) is 0. The smallest absolute Gasteiger partial charge is 0.462 e. The van der Waals surface area contributed by atoms with Crippen LogP contribution in [0.1, 0.15) is 350 Å². The molecule has 17 nitrogen and oxygen atoms in total. The molecule has 3 N–H and O–H groups in total. The van der Waals surface area contributed by atoms with Crippen LogP contribution < -0.4 is 0 Å². The molecule has 0 fully saturated rings. The fourth-order valence-corrected chi connectivity index (χ4v) is 12.2. The van der Waals surface area contributed by atoms with Crippen LogP contribution in [0.5, 0.6) is 0 Å². The van der Waals surface area contributed by atoms with Crippen LogP contribution in [0.2, 0.25) is 0 Å². The molecule has 0 amide bonds. The first kappa shape index (κ1) is 90.5. The first-order valence-electron chi connectivity index (χ1n) is 37.8. The second kappa shape index (κ2) is 64.2. The van der Waals surface area contributed by atoms with E-state index in [1.165, 1.54) is 148 Å². The van der Waals surface area contributed by atoms with Crippen molar-refractivity contribution < 1.29 is 80.2 Å². The van der Waals surface area contributed by atoms with Gasteiger partial charge in [-0.2, -0.15) is 0 Å². The molecule has 93 heavy (non-hydrogen) atoms. The number of unbranched alkanes of at least 4 members (excludes halogenated alkanes) is 32. The van der Waals surface area contributed by atoms with Gasteiger partial charge < -0.3 is 33.8 Å². The summed E-state index contributed by atoms with van der Waals surface area (Å²) in [7, 11) is -9.92. The lowest BCUT2D eigenvalue weighted by molar-refractivity contribution is -0.161. The van der Waals surface area contributed by atoms with Crippen molar-refractivity contribution in [3.8, 4) is 0 Å². The molecule has 5 unspecified atom stereocenters. The van der Waals surface area contributed by atoms with Gasteiger partial charge in [-0.05, 0) is 69.1 Å². The molecule has 0 saturated carbocycles. The SMILES string of the molecule is CCCCCC/C=C\C=C/CCCCCCCC(=O)O[C@H](COC(=O)CCCCCCCCCCCCC(C)CC)COP(=O)(O)OC[C@@H](O)COP(=O)(O)OC[C@@H](COC(=O)CCCCCCCCCCC(C)CC)OC(=O)CCCCCCCCCCC(C)CC. The summed E-state index contributed by atoms with van der Waals surface area (Å²) in [4.78, 5) is 72.7. The van der Waals surface area contributed by atoms with E-state index < -0.39 is 97.5 Å². The van der Waals surface area contributed by atoms with Crippen molar-refractivity contribution in [1.82, 2.24) is 0 Å². The zero-order valence-electron chi connectivity index (χ0n) is 60.2. The summed E-state index contributed by atoms with van der Waals surface area (Å²) in [5, 5.41) is 10.6. The molecule has 0 aromatic carbocycles. The number of allylic oxidation sites excluding steroid dienone is 4. The third kappa shape index (κ3) is 64.0. The standard InChI is InChI=1S/C74H140O17P2/c1-8-12-13-14-15-16-17-18-19-20-21-26-36-43-50-57-73(78)90-69(61-84-71(76)55-48-41-34-25-23-22-24-31-38-45-52-65(5)9-2)63-88-92(80,81)86-59-68(75)60-87-93(82,83)89-64-70(91-74(79)58-51-44-37-30-28-33-40-47-54-67(7)11-4)62-85-72(77)56-49-42-35-29-27-32-39-46-53-66(6)10-3/h16-19,65-70,75H,8-15,20-64H2,1-7H3,(H,80,81)(H,82,83)/b17-16-,19-18-/t65?,66?,67?,68-,69-,70-/m1/s1. The van der Waals surface area contributed by atoms with Gasteiger partial charge in [-0.25, -0.2) is 9.13 Å². The van der Waals surface area contributed by atoms with Crippen molar-refractivity contribution in [2.24, 2.45) is 17.8 Å². The third-order valence-electron chi connectivity index (χ3n) is 17.6. The number of esters is 4. The van der Waals surface area contributed by atoms with Crippen LogP contribution in [0, 0.1) is 17.8 Å². The number of carbonyl (C=O) groups excluding carboxylic acids is 4. The van der Waals surface area contributed by atoms with Gasteiger partial charge >= 0.3 is 39.5 Å². The van der Waals surface area contributed by atoms with E-state index in [2.05, 4.69) is 72.8 Å². The van der Waals surface area contributed by atoms with Crippen molar-refractivity contribution >= 4 is 39.5 Å². The lowest BCUT2D eigenvalue weighted by atomic mass is 9.99. The zero-order chi connectivity index (χ0) is 68.7. The Hall–Kier alpha value is -2.46. The van der Waals surface area contributed by atoms with Gasteiger partial charge in [0.05, 0.1) is 26.4 Å². The minimum absolute atomic E-state index is 0.0844. The van der Waals surface area contributed by atoms with Crippen molar-refractivity contribution in [3.05, 3.63) is 24.3 Å². The highest BCUT2D eigenvalue weighted by atomic mass is 31.2. The van der Waals surface area contributed by atoms with Crippen LogP contribution in [-0.4, -0.2) is 96.7 Å². The van der Waals surface area contributed by atoms with E-state index in [9.17, 15) is 43.2 Å². The topological polar surface area (TPSA) is 237 Å². The van der Waals surface area contributed by atoms with Gasteiger partial charge in [0.1, 0.15) is 19.3 Å². The number of ether oxygens (including phenoxy) is 4. The van der Waals surface area contributed by atoms with E-state index in [4.69, 9.17) is 37.0 Å². The van der Waals surface area contributed by atoms with Crippen LogP contribution in [0.3, 0.4) is 0 Å². The molecule has 19 heteroatoms. The second-order valence-electron chi connectivity index (χ2n) is 26.7. The number of carbonyl (C=O) groups is 4. The van der Waals surface area contributed by atoms with Crippen molar-refractivity contribution in [2.45, 2.75) is 369 Å². The average Bonchev–Trinajstić information content (AvgIpc) is 2.60. The van der Waals surface area contributed by atoms with Gasteiger partial charge in [0, 0.05) is 25.7 Å². The summed E-state index contributed by atoms with van der Waals surface area (Å²) >= 11 is 0. The third-order valence-corrected chi connectivity index (χ3v) is 19.5. The molecular weight excluding hydrogens is 1220 g/mol. The van der Waals surface area contributed by atoms with Crippen LogP contribution >= 0.6 is 15.6 Å². The van der Waals surface area contributed by atoms with E-state index in [0.29, 0.717) is 25.7 Å². The number of rotatable bonds is 70. The lowest BCUT2D eigenvalue weighted by Crippen LogP contribution is -2.30. The molecule has 0 saturated heterocycles. The van der Waals surface area contributed by atoms with Crippen LogP contribution in [0.25, 0.3) is 0 Å². The summed E-state index contributed by atoms with van der Waals surface area (Å²) < 4.78 is 68.4. The van der Waals surface area contributed by atoms with Crippen molar-refractivity contribution in [3.63, 3.8) is 0 Å². The van der Waals surface area contributed by atoms with E-state index >= 15 is 0 Å². The highest BCUT2D eigenvalue weighted by Gasteiger charge is 2.30. The van der Waals surface area contributed by atoms with Gasteiger partial charge in [-0.3, -0.25) is 37.3 Å². The van der Waals surface area contributed by atoms with Crippen molar-refractivity contribution in [1.29, 1.82) is 0 Å². The highest BCUT2D eigenvalue weighted by molar-refractivity contribution is 7.47. The Morgan fingerprint density at radius 1 is 0.344 bits per heavy atom. The zero-order valence-corrected chi connectivity index (χ0v) is 62.0. The van der Waals surface area contributed by atoms with Gasteiger partial charge in [-0.1, -0.05) is 297 Å². The number of aliphatic hydroxyl groups excluding tert-OH is 1. The first-order chi connectivity index (χ1) is 44.8. The molecule has 0 heterocycles. The molecule has 0 aliphatic rings. The van der Waals surface area contributed by atoms with Gasteiger partial charge in [0.15, 0.2) is 12.2 Å². The van der Waals surface area contributed by atoms with Crippen molar-refractivity contribution in [2.75, 3.05) is 39.6 Å². The summed E-state index contributed by atoms with van der Waals surface area (Å²) in [6, 6.07) is 0. The lowest BCUT2D eigenvalue weighted by Gasteiger charge is -2.21. The largest absolute Gasteiger partial charge is 0.472 e. The predicted molar refractivity (Wildman–Crippen MR) is 377 cm³/mol. The Kier molecular flexibility index (Phi) is 62.5. The number of hydrogen-bond acceptors (Lipinski definition) is 15. The molecular formula is C74H140O17P2. The maximum Gasteiger partial charge on any atom is 0.472 e. The van der Waals surface area contributed by atoms with E-state index in [1.54, 1.807) is 0 Å². The minimum Gasteiger partial charge on any atom is -0.462 e. The van der Waals surface area contributed by atoms with Gasteiger partial charge in [-0.15, -0.1) is 0 Å². The Balaban J connectivity index is 5.32. The van der Waals surface area contributed by atoms with Gasteiger partial charge in [0.2, 0.25) is 0 Å². The number of hydrogen-bond donors (Lipinski definition) is 3. The molecule has 0 spiro atoms. The summed E-state index contributed by atoms with van der Waals surface area (Å²) in [6.45, 7) is 11.8. The molecule has 0 aliphatic carbocycles. The van der Waals surface area contributed by atoms with Crippen LogP contribution in [0.15, 0.2) is 24.3 Å². The molecule has 0 aliphatic heterocycles. The summed E-state index contributed by atoms with van der Waals surface area (Å²) in [5.74, 6) is 0.198. The van der Waals surface area contributed by atoms with Crippen LogP contribution in [0.4, 0.5) is 0 Å². The molecule has 8 atom stereocenters. The minimum atomic E-state index is -4.96. The van der Waals surface area contributed by atoms with E-state index in [1.807, 2.05) is 0 Å². The molecule has 0 bridgehead atoms.